The van der Waals surface area contributed by atoms with Crippen LogP contribution in [0.1, 0.15) is 16.7 Å². The van der Waals surface area contributed by atoms with Crippen LogP contribution in [0.3, 0.4) is 0 Å². The summed E-state index contributed by atoms with van der Waals surface area (Å²) in [6.07, 6.45) is 3.20. The number of aryl methyl sites for hydroxylation is 1. The summed E-state index contributed by atoms with van der Waals surface area (Å²) in [5.74, 6) is 1.80. The first-order valence-corrected chi connectivity index (χ1v) is 10.6. The smallest absolute Gasteiger partial charge is 0.244 e. The molecule has 0 aliphatic rings. The molecule has 0 aliphatic heterocycles. The highest BCUT2D eigenvalue weighted by Gasteiger charge is 2.06. The van der Waals surface area contributed by atoms with Gasteiger partial charge in [-0.1, -0.05) is 47.5 Å². The van der Waals surface area contributed by atoms with Crippen LogP contribution in [-0.2, 0) is 11.4 Å². The molecule has 3 aromatic carbocycles. The molecule has 166 valence electrons. The molecule has 1 amide bonds. The van der Waals surface area contributed by atoms with Gasteiger partial charge in [0.2, 0.25) is 5.91 Å². The molecular weight excluding hydrogens is 426 g/mol. The fourth-order valence-electron chi connectivity index (χ4n) is 2.86. The summed E-state index contributed by atoms with van der Waals surface area (Å²) in [6, 6.07) is 20.8. The average molecular weight is 452 g/mol. The topological polar surface area (TPSA) is 56.8 Å². The summed E-state index contributed by atoms with van der Waals surface area (Å²) in [6.45, 7) is 3.23. The van der Waals surface area contributed by atoms with Crippen molar-refractivity contribution >= 4 is 23.6 Å². The maximum absolute atomic E-state index is 12.1. The van der Waals surface area contributed by atoms with E-state index in [9.17, 15) is 4.79 Å². The van der Waals surface area contributed by atoms with Gasteiger partial charge in [0.05, 0.1) is 13.7 Å². The molecule has 0 unspecified atom stereocenters. The van der Waals surface area contributed by atoms with Crippen molar-refractivity contribution in [1.82, 2.24) is 5.32 Å². The molecular formula is C26H26ClNO4. The normalized spacial score (nSPS) is 10.7. The Balaban J connectivity index is 1.47. The van der Waals surface area contributed by atoms with Crippen LogP contribution in [0.2, 0.25) is 5.02 Å². The molecule has 0 bridgehead atoms. The lowest BCUT2D eigenvalue weighted by atomic mass is 10.2. The molecule has 0 saturated carbocycles. The second-order valence-electron chi connectivity index (χ2n) is 7.11. The Labute approximate surface area is 193 Å². The Morgan fingerprint density at radius 3 is 2.44 bits per heavy atom. The fraction of sp³-hybridized carbons (Fsp3) is 0.192. The van der Waals surface area contributed by atoms with Gasteiger partial charge in [0.15, 0.2) is 11.5 Å². The second-order valence-corrected chi connectivity index (χ2v) is 7.55. The van der Waals surface area contributed by atoms with Gasteiger partial charge < -0.3 is 19.5 Å². The summed E-state index contributed by atoms with van der Waals surface area (Å²) in [5.41, 5.74) is 3.00. The van der Waals surface area contributed by atoms with Gasteiger partial charge in [-0.2, -0.15) is 0 Å². The molecule has 5 nitrogen and oxygen atoms in total. The molecule has 3 rings (SSSR count). The van der Waals surface area contributed by atoms with Gasteiger partial charge >= 0.3 is 0 Å². The van der Waals surface area contributed by atoms with E-state index in [0.717, 1.165) is 16.9 Å². The molecule has 6 heteroatoms. The standard InChI is InChI=1S/C26H26ClNO4/c1-19-3-11-23(12-4-19)31-16-15-28-26(29)14-8-20-7-13-24(25(17-20)30-2)32-18-21-5-9-22(27)10-6-21/h3-14,17H,15-16,18H2,1-2H3,(H,28,29)/b14-8+. The van der Waals surface area contributed by atoms with Crippen LogP contribution in [0.15, 0.2) is 72.8 Å². The molecule has 0 atom stereocenters. The van der Waals surface area contributed by atoms with Gasteiger partial charge in [-0.15, -0.1) is 0 Å². The lowest BCUT2D eigenvalue weighted by Gasteiger charge is -2.11. The minimum atomic E-state index is -0.195. The average Bonchev–Trinajstić information content (AvgIpc) is 2.81. The first-order chi connectivity index (χ1) is 15.5. The van der Waals surface area contributed by atoms with E-state index in [1.165, 1.54) is 11.6 Å². The number of ether oxygens (including phenoxy) is 3. The molecule has 0 fully saturated rings. The molecule has 0 aliphatic carbocycles. The zero-order valence-corrected chi connectivity index (χ0v) is 18.9. The van der Waals surface area contributed by atoms with E-state index in [2.05, 4.69) is 5.32 Å². The zero-order chi connectivity index (χ0) is 22.8. The highest BCUT2D eigenvalue weighted by Crippen LogP contribution is 2.29. The molecule has 0 heterocycles. The van der Waals surface area contributed by atoms with Crippen LogP contribution in [-0.4, -0.2) is 26.2 Å². The van der Waals surface area contributed by atoms with Crippen LogP contribution in [0.5, 0.6) is 17.2 Å². The predicted octanol–water partition coefficient (Wildman–Crippen LogP) is 5.44. The third-order valence-electron chi connectivity index (χ3n) is 4.61. The van der Waals surface area contributed by atoms with E-state index in [-0.39, 0.29) is 5.91 Å². The van der Waals surface area contributed by atoms with Crippen molar-refractivity contribution in [3.8, 4) is 17.2 Å². The van der Waals surface area contributed by atoms with E-state index in [4.69, 9.17) is 25.8 Å². The van der Waals surface area contributed by atoms with Crippen LogP contribution in [0.25, 0.3) is 6.08 Å². The number of benzene rings is 3. The van der Waals surface area contributed by atoms with Gasteiger partial charge in [0, 0.05) is 11.1 Å². The summed E-state index contributed by atoms with van der Waals surface area (Å²) in [4.78, 5) is 12.1. The van der Waals surface area contributed by atoms with E-state index < -0.39 is 0 Å². The number of hydrogen-bond acceptors (Lipinski definition) is 4. The Hall–Kier alpha value is -3.44. The number of carbonyl (C=O) groups excluding carboxylic acids is 1. The lowest BCUT2D eigenvalue weighted by Crippen LogP contribution is -2.26. The lowest BCUT2D eigenvalue weighted by molar-refractivity contribution is -0.116. The van der Waals surface area contributed by atoms with Crippen molar-refractivity contribution in [2.24, 2.45) is 0 Å². The van der Waals surface area contributed by atoms with Crippen LogP contribution >= 0.6 is 11.6 Å². The van der Waals surface area contributed by atoms with Crippen molar-refractivity contribution in [1.29, 1.82) is 0 Å². The van der Waals surface area contributed by atoms with E-state index in [0.29, 0.717) is 36.3 Å². The first kappa shape index (κ1) is 23.2. The molecule has 0 aromatic heterocycles. The maximum atomic E-state index is 12.1. The summed E-state index contributed by atoms with van der Waals surface area (Å²) >= 11 is 5.91. The minimum Gasteiger partial charge on any atom is -0.493 e. The number of nitrogens with one attached hydrogen (secondary N) is 1. The van der Waals surface area contributed by atoms with Crippen LogP contribution < -0.4 is 19.5 Å². The first-order valence-electron chi connectivity index (χ1n) is 10.2. The zero-order valence-electron chi connectivity index (χ0n) is 18.1. The predicted molar refractivity (Wildman–Crippen MR) is 127 cm³/mol. The monoisotopic (exact) mass is 451 g/mol. The van der Waals surface area contributed by atoms with Crippen molar-refractivity contribution in [3.05, 3.63) is 94.5 Å². The van der Waals surface area contributed by atoms with Crippen molar-refractivity contribution < 1.29 is 19.0 Å². The number of amides is 1. The van der Waals surface area contributed by atoms with Crippen LogP contribution in [0, 0.1) is 6.92 Å². The largest absolute Gasteiger partial charge is 0.493 e. The Bertz CT molecular complexity index is 1050. The minimum absolute atomic E-state index is 0.195. The molecule has 0 radical (unpaired) electrons. The highest BCUT2D eigenvalue weighted by molar-refractivity contribution is 6.30. The highest BCUT2D eigenvalue weighted by atomic mass is 35.5. The van der Waals surface area contributed by atoms with Crippen LogP contribution in [0.4, 0.5) is 0 Å². The molecule has 1 N–H and O–H groups in total. The third-order valence-corrected chi connectivity index (χ3v) is 4.87. The Morgan fingerprint density at radius 2 is 1.72 bits per heavy atom. The van der Waals surface area contributed by atoms with Gasteiger partial charge in [-0.3, -0.25) is 4.79 Å². The Morgan fingerprint density at radius 1 is 0.969 bits per heavy atom. The van der Waals surface area contributed by atoms with Crippen molar-refractivity contribution in [2.75, 3.05) is 20.3 Å². The second kappa shape index (κ2) is 11.8. The van der Waals surface area contributed by atoms with E-state index in [1.807, 2.05) is 73.7 Å². The molecule has 3 aromatic rings. The SMILES string of the molecule is COc1cc(/C=C/C(=O)NCCOc2ccc(C)cc2)ccc1OCc1ccc(Cl)cc1. The quantitative estimate of drug-likeness (QED) is 0.329. The third kappa shape index (κ3) is 7.36. The number of halogens is 1. The maximum Gasteiger partial charge on any atom is 0.244 e. The molecule has 0 saturated heterocycles. The number of rotatable bonds is 10. The van der Waals surface area contributed by atoms with Gasteiger partial charge in [-0.25, -0.2) is 0 Å². The van der Waals surface area contributed by atoms with E-state index >= 15 is 0 Å². The molecule has 32 heavy (non-hydrogen) atoms. The van der Waals surface area contributed by atoms with Gasteiger partial charge in [0.1, 0.15) is 19.0 Å². The summed E-state index contributed by atoms with van der Waals surface area (Å²) < 4.78 is 16.9. The van der Waals surface area contributed by atoms with Gasteiger partial charge in [-0.05, 0) is 60.5 Å². The number of methoxy groups -OCH3 is 1. The van der Waals surface area contributed by atoms with Crippen molar-refractivity contribution in [2.45, 2.75) is 13.5 Å². The van der Waals surface area contributed by atoms with Crippen molar-refractivity contribution in [3.63, 3.8) is 0 Å². The number of carbonyl (C=O) groups is 1. The fourth-order valence-corrected chi connectivity index (χ4v) is 2.98. The molecule has 0 spiro atoms. The number of hydrogen-bond donors (Lipinski definition) is 1. The van der Waals surface area contributed by atoms with Gasteiger partial charge in [0.25, 0.3) is 0 Å². The Kier molecular flexibility index (Phi) is 8.58. The van der Waals surface area contributed by atoms with E-state index in [1.54, 1.807) is 13.2 Å². The summed E-state index contributed by atoms with van der Waals surface area (Å²) in [7, 11) is 1.58. The summed E-state index contributed by atoms with van der Waals surface area (Å²) in [5, 5.41) is 3.49.